The highest BCUT2D eigenvalue weighted by molar-refractivity contribution is 5.93. The van der Waals surface area contributed by atoms with E-state index in [0.29, 0.717) is 11.8 Å². The monoisotopic (exact) mass is 227 g/mol. The van der Waals surface area contributed by atoms with Crippen molar-refractivity contribution in [2.75, 3.05) is 5.32 Å². The molecular formula is C15H17NO. The maximum atomic E-state index is 12.2. The fourth-order valence-corrected chi connectivity index (χ4v) is 2.99. The molecule has 3 aliphatic carbocycles. The van der Waals surface area contributed by atoms with Gasteiger partial charge in [0.2, 0.25) is 5.91 Å². The lowest BCUT2D eigenvalue weighted by Gasteiger charge is -2.36. The molecule has 0 spiro atoms. The Kier molecular flexibility index (Phi) is 2.71. The maximum absolute atomic E-state index is 12.2. The summed E-state index contributed by atoms with van der Waals surface area (Å²) in [5, 5.41) is 3.02. The molecule has 3 aliphatic rings. The number of anilines is 1. The lowest BCUT2D eigenvalue weighted by molar-refractivity contribution is -0.122. The van der Waals surface area contributed by atoms with E-state index in [4.69, 9.17) is 0 Å². The van der Waals surface area contributed by atoms with Crippen LogP contribution >= 0.6 is 0 Å². The molecule has 2 nitrogen and oxygen atoms in total. The van der Waals surface area contributed by atoms with Crippen molar-refractivity contribution >= 4 is 11.6 Å². The summed E-state index contributed by atoms with van der Waals surface area (Å²) in [6.45, 7) is 0. The highest BCUT2D eigenvalue weighted by Gasteiger charge is 2.36. The summed E-state index contributed by atoms with van der Waals surface area (Å²) < 4.78 is 0. The van der Waals surface area contributed by atoms with Crippen LogP contribution in [0.5, 0.6) is 0 Å². The highest BCUT2D eigenvalue weighted by atomic mass is 16.1. The minimum absolute atomic E-state index is 0.180. The van der Waals surface area contributed by atoms with Crippen molar-refractivity contribution in [2.45, 2.75) is 19.3 Å². The Hall–Kier alpha value is -1.57. The van der Waals surface area contributed by atoms with Crippen molar-refractivity contribution < 1.29 is 4.79 Å². The van der Waals surface area contributed by atoms with E-state index in [1.165, 1.54) is 12.8 Å². The van der Waals surface area contributed by atoms with Crippen LogP contribution in [0.1, 0.15) is 19.3 Å². The first-order chi connectivity index (χ1) is 8.33. The molecule has 4 rings (SSSR count). The zero-order valence-electron chi connectivity index (χ0n) is 9.80. The fourth-order valence-electron chi connectivity index (χ4n) is 2.99. The van der Waals surface area contributed by atoms with Gasteiger partial charge in [-0.2, -0.15) is 0 Å². The molecule has 0 radical (unpaired) electrons. The zero-order chi connectivity index (χ0) is 11.7. The molecule has 1 N–H and O–H groups in total. The summed E-state index contributed by atoms with van der Waals surface area (Å²) in [5.41, 5.74) is 0.905. The number of fused-ring (bicyclic) bond motifs is 2. The van der Waals surface area contributed by atoms with Crippen LogP contribution in [0.25, 0.3) is 0 Å². The number of amides is 1. The Morgan fingerprint density at radius 1 is 1.12 bits per heavy atom. The molecular weight excluding hydrogens is 210 g/mol. The minimum atomic E-state index is 0.180. The first kappa shape index (κ1) is 10.6. The van der Waals surface area contributed by atoms with Crippen molar-refractivity contribution in [3.05, 3.63) is 42.5 Å². The molecule has 88 valence electrons. The average molecular weight is 227 g/mol. The Morgan fingerprint density at radius 3 is 2.53 bits per heavy atom. The summed E-state index contributed by atoms with van der Waals surface area (Å²) in [6, 6.07) is 9.73. The molecule has 0 heterocycles. The molecule has 1 fully saturated rings. The van der Waals surface area contributed by atoms with Gasteiger partial charge in [-0.15, -0.1) is 0 Å². The van der Waals surface area contributed by atoms with Crippen molar-refractivity contribution in [1.82, 2.24) is 0 Å². The van der Waals surface area contributed by atoms with Crippen molar-refractivity contribution in [2.24, 2.45) is 17.8 Å². The van der Waals surface area contributed by atoms with E-state index in [2.05, 4.69) is 17.5 Å². The molecule has 0 aliphatic heterocycles. The van der Waals surface area contributed by atoms with Crippen LogP contribution in [0, 0.1) is 17.8 Å². The maximum Gasteiger partial charge on any atom is 0.228 e. The molecule has 0 aromatic heterocycles. The average Bonchev–Trinajstić information content (AvgIpc) is 2.41. The van der Waals surface area contributed by atoms with Crippen LogP contribution in [-0.4, -0.2) is 5.91 Å². The third kappa shape index (κ3) is 2.12. The Labute approximate surface area is 102 Å². The summed E-state index contributed by atoms with van der Waals surface area (Å²) in [5.74, 6) is 1.46. The van der Waals surface area contributed by atoms with Crippen molar-refractivity contribution in [3.63, 3.8) is 0 Å². The third-order valence-electron chi connectivity index (χ3n) is 3.95. The Bertz CT molecular complexity index is 437. The predicted molar refractivity (Wildman–Crippen MR) is 68.5 cm³/mol. The Balaban J connectivity index is 1.70. The minimum Gasteiger partial charge on any atom is -0.326 e. The second-order valence-electron chi connectivity index (χ2n) is 5.08. The molecule has 1 aromatic carbocycles. The quantitative estimate of drug-likeness (QED) is 0.772. The van der Waals surface area contributed by atoms with Gasteiger partial charge in [0.25, 0.3) is 0 Å². The number of allylic oxidation sites excluding steroid dienone is 2. The van der Waals surface area contributed by atoms with E-state index in [0.717, 1.165) is 12.1 Å². The molecule has 3 atom stereocenters. The van der Waals surface area contributed by atoms with Gasteiger partial charge in [0, 0.05) is 11.6 Å². The van der Waals surface area contributed by atoms with Gasteiger partial charge in [-0.05, 0) is 43.2 Å². The number of benzene rings is 1. The lowest BCUT2D eigenvalue weighted by atomic mass is 9.69. The summed E-state index contributed by atoms with van der Waals surface area (Å²) in [6.07, 6.45) is 8.00. The largest absolute Gasteiger partial charge is 0.326 e. The van der Waals surface area contributed by atoms with Gasteiger partial charge in [0.15, 0.2) is 0 Å². The number of hydrogen-bond acceptors (Lipinski definition) is 1. The van der Waals surface area contributed by atoms with E-state index in [9.17, 15) is 4.79 Å². The van der Waals surface area contributed by atoms with Crippen LogP contribution in [0.3, 0.4) is 0 Å². The van der Waals surface area contributed by atoms with E-state index in [-0.39, 0.29) is 11.8 Å². The molecule has 1 amide bonds. The summed E-state index contributed by atoms with van der Waals surface area (Å²) in [7, 11) is 0. The zero-order valence-corrected chi connectivity index (χ0v) is 9.80. The van der Waals surface area contributed by atoms with Crippen LogP contribution < -0.4 is 5.32 Å². The van der Waals surface area contributed by atoms with Crippen LogP contribution in [0.15, 0.2) is 42.5 Å². The normalized spacial score (nSPS) is 30.2. The van der Waals surface area contributed by atoms with Gasteiger partial charge in [-0.25, -0.2) is 0 Å². The number of para-hydroxylation sites is 1. The Morgan fingerprint density at radius 2 is 1.94 bits per heavy atom. The SMILES string of the molecule is O=C(Nc1ccccc1)[C@H]1C[C@@H]2C=C[C@H]1CC2. The van der Waals surface area contributed by atoms with Gasteiger partial charge in [0.05, 0.1) is 0 Å². The fraction of sp³-hybridized carbons (Fsp3) is 0.400. The van der Waals surface area contributed by atoms with Gasteiger partial charge in [-0.1, -0.05) is 30.4 Å². The number of hydrogen-bond donors (Lipinski definition) is 1. The number of carbonyl (C=O) groups is 1. The molecule has 1 saturated carbocycles. The molecule has 2 bridgehead atoms. The first-order valence-electron chi connectivity index (χ1n) is 6.37. The smallest absolute Gasteiger partial charge is 0.228 e. The summed E-state index contributed by atoms with van der Waals surface area (Å²) in [4.78, 5) is 12.2. The second kappa shape index (κ2) is 4.36. The molecule has 1 aromatic rings. The van der Waals surface area contributed by atoms with Crippen LogP contribution in [0.2, 0.25) is 0 Å². The lowest BCUT2D eigenvalue weighted by Crippen LogP contribution is -2.36. The van der Waals surface area contributed by atoms with Crippen molar-refractivity contribution in [3.8, 4) is 0 Å². The van der Waals surface area contributed by atoms with E-state index < -0.39 is 0 Å². The van der Waals surface area contributed by atoms with Gasteiger partial charge >= 0.3 is 0 Å². The molecule has 2 heteroatoms. The first-order valence-corrected chi connectivity index (χ1v) is 6.37. The third-order valence-corrected chi connectivity index (χ3v) is 3.95. The van der Waals surface area contributed by atoms with E-state index in [1.54, 1.807) is 0 Å². The number of carbonyl (C=O) groups excluding carboxylic acids is 1. The van der Waals surface area contributed by atoms with Gasteiger partial charge in [0.1, 0.15) is 0 Å². The van der Waals surface area contributed by atoms with Gasteiger partial charge in [-0.3, -0.25) is 4.79 Å². The standard InChI is InChI=1S/C15H17NO/c17-15(16-13-4-2-1-3-5-13)14-10-11-6-8-12(14)9-7-11/h1-6,8,11-12,14H,7,9-10H2,(H,16,17)/t11-,12+,14+/m1/s1. The predicted octanol–water partition coefficient (Wildman–Crippen LogP) is 3.23. The number of rotatable bonds is 2. The van der Waals surface area contributed by atoms with Crippen LogP contribution in [0.4, 0.5) is 5.69 Å². The van der Waals surface area contributed by atoms with Crippen molar-refractivity contribution in [1.29, 1.82) is 0 Å². The van der Waals surface area contributed by atoms with E-state index in [1.807, 2.05) is 30.3 Å². The topological polar surface area (TPSA) is 29.1 Å². The van der Waals surface area contributed by atoms with E-state index >= 15 is 0 Å². The highest BCUT2D eigenvalue weighted by Crippen LogP contribution is 2.40. The van der Waals surface area contributed by atoms with Gasteiger partial charge < -0.3 is 5.32 Å². The summed E-state index contributed by atoms with van der Waals surface area (Å²) >= 11 is 0. The second-order valence-corrected chi connectivity index (χ2v) is 5.08. The number of nitrogens with one attached hydrogen (secondary N) is 1. The molecule has 0 saturated heterocycles. The molecule has 0 unspecified atom stereocenters. The molecule has 17 heavy (non-hydrogen) atoms. The van der Waals surface area contributed by atoms with Crippen LogP contribution in [-0.2, 0) is 4.79 Å².